The number of ether oxygens (including phenoxy) is 3. The van der Waals surface area contributed by atoms with Crippen LogP contribution in [-0.4, -0.2) is 32.4 Å². The number of methoxy groups -OCH3 is 3. The molecule has 1 atom stereocenters. The molecule has 0 bridgehead atoms. The molecule has 32 heavy (non-hydrogen) atoms. The standard InChI is InChI=1S/C24H24O7S/c1-28-20-10-9-15(11-21(20)29-2)18(13-22(26)30-3)24-23(27)19(25)12-16(31-24)14-32-17-7-5-4-6-8-17/h4-12,18,27H,13-14H2,1-3H3/t18-/m0/s1. The van der Waals surface area contributed by atoms with Gasteiger partial charge in [0.2, 0.25) is 11.2 Å². The van der Waals surface area contributed by atoms with Gasteiger partial charge in [-0.15, -0.1) is 11.8 Å². The van der Waals surface area contributed by atoms with Gasteiger partial charge >= 0.3 is 5.97 Å². The van der Waals surface area contributed by atoms with Crippen molar-refractivity contribution in [1.82, 2.24) is 0 Å². The van der Waals surface area contributed by atoms with E-state index in [0.717, 1.165) is 4.90 Å². The van der Waals surface area contributed by atoms with Gasteiger partial charge in [0.1, 0.15) is 5.76 Å². The number of carbonyl (C=O) groups excluding carboxylic acids is 1. The average Bonchev–Trinajstić information content (AvgIpc) is 2.83. The summed E-state index contributed by atoms with van der Waals surface area (Å²) in [6.45, 7) is 0. The molecule has 3 aromatic rings. The highest BCUT2D eigenvalue weighted by atomic mass is 32.2. The summed E-state index contributed by atoms with van der Waals surface area (Å²) in [6, 6.07) is 16.0. The van der Waals surface area contributed by atoms with Gasteiger partial charge in [-0.05, 0) is 29.8 Å². The van der Waals surface area contributed by atoms with Crippen LogP contribution in [0.25, 0.3) is 0 Å². The Labute approximate surface area is 189 Å². The molecule has 7 nitrogen and oxygen atoms in total. The van der Waals surface area contributed by atoms with Crippen LogP contribution in [0.4, 0.5) is 0 Å². The van der Waals surface area contributed by atoms with Crippen molar-refractivity contribution < 1.29 is 28.5 Å². The third-order valence-corrected chi connectivity index (χ3v) is 5.88. The van der Waals surface area contributed by atoms with Crippen molar-refractivity contribution in [3.05, 3.63) is 81.9 Å². The molecule has 0 saturated heterocycles. The summed E-state index contributed by atoms with van der Waals surface area (Å²) < 4.78 is 21.4. The molecule has 1 aromatic heterocycles. The lowest BCUT2D eigenvalue weighted by Crippen LogP contribution is -2.14. The number of hydrogen-bond acceptors (Lipinski definition) is 8. The molecule has 0 amide bonds. The van der Waals surface area contributed by atoms with Gasteiger partial charge in [0.05, 0.1) is 39.4 Å². The van der Waals surface area contributed by atoms with Gasteiger partial charge < -0.3 is 23.7 Å². The lowest BCUT2D eigenvalue weighted by Gasteiger charge is -2.19. The first-order chi connectivity index (χ1) is 15.5. The third-order valence-electron chi connectivity index (χ3n) is 4.85. The van der Waals surface area contributed by atoms with E-state index in [1.807, 2.05) is 30.3 Å². The van der Waals surface area contributed by atoms with Gasteiger partial charge in [0.15, 0.2) is 17.3 Å². The minimum atomic E-state index is -0.767. The first-order valence-corrected chi connectivity index (χ1v) is 10.8. The van der Waals surface area contributed by atoms with Crippen molar-refractivity contribution in [1.29, 1.82) is 0 Å². The molecule has 0 spiro atoms. The van der Waals surface area contributed by atoms with Gasteiger partial charge in [-0.25, -0.2) is 0 Å². The SMILES string of the molecule is COC(=O)C[C@@H](c1ccc(OC)c(OC)c1)c1oc(CSc2ccccc2)cc(=O)c1O. The van der Waals surface area contributed by atoms with Gasteiger partial charge in [0, 0.05) is 11.0 Å². The smallest absolute Gasteiger partial charge is 0.306 e. The fourth-order valence-corrected chi connectivity index (χ4v) is 4.02. The predicted molar refractivity (Wildman–Crippen MR) is 121 cm³/mol. The number of carbonyl (C=O) groups is 1. The van der Waals surface area contributed by atoms with Gasteiger partial charge in [-0.1, -0.05) is 24.3 Å². The summed E-state index contributed by atoms with van der Waals surface area (Å²) in [7, 11) is 4.29. The highest BCUT2D eigenvalue weighted by Gasteiger charge is 2.27. The molecule has 0 aliphatic rings. The Morgan fingerprint density at radius 2 is 1.75 bits per heavy atom. The summed E-state index contributed by atoms with van der Waals surface area (Å²) in [5.41, 5.74) is 0.0182. The van der Waals surface area contributed by atoms with E-state index in [-0.39, 0.29) is 12.2 Å². The van der Waals surface area contributed by atoms with Crippen LogP contribution in [0.3, 0.4) is 0 Å². The van der Waals surface area contributed by atoms with Crippen molar-refractivity contribution in [3.8, 4) is 17.2 Å². The lowest BCUT2D eigenvalue weighted by atomic mass is 9.92. The largest absolute Gasteiger partial charge is 0.502 e. The van der Waals surface area contributed by atoms with Crippen LogP contribution in [0, 0.1) is 0 Å². The number of rotatable bonds is 9. The first kappa shape index (κ1) is 23.3. The van der Waals surface area contributed by atoms with E-state index in [1.165, 1.54) is 39.2 Å². The zero-order valence-electron chi connectivity index (χ0n) is 18.0. The maximum Gasteiger partial charge on any atom is 0.306 e. The Kier molecular flexibility index (Phi) is 7.83. The minimum absolute atomic E-state index is 0.00113. The zero-order chi connectivity index (χ0) is 23.1. The van der Waals surface area contributed by atoms with Gasteiger partial charge in [-0.3, -0.25) is 9.59 Å². The van der Waals surface area contributed by atoms with Crippen LogP contribution < -0.4 is 14.9 Å². The van der Waals surface area contributed by atoms with E-state index in [1.54, 1.807) is 18.2 Å². The summed E-state index contributed by atoms with van der Waals surface area (Å²) in [6.07, 6.45) is -0.141. The van der Waals surface area contributed by atoms with Crippen LogP contribution >= 0.6 is 11.8 Å². The van der Waals surface area contributed by atoms with E-state index in [9.17, 15) is 14.7 Å². The Hall–Kier alpha value is -3.39. The van der Waals surface area contributed by atoms with Crippen LogP contribution in [0.15, 0.2) is 68.7 Å². The van der Waals surface area contributed by atoms with E-state index >= 15 is 0 Å². The van der Waals surface area contributed by atoms with Crippen molar-refractivity contribution in [2.24, 2.45) is 0 Å². The molecular weight excluding hydrogens is 432 g/mol. The Bertz CT molecular complexity index is 1120. The van der Waals surface area contributed by atoms with E-state index < -0.39 is 23.1 Å². The molecule has 3 rings (SSSR count). The van der Waals surface area contributed by atoms with Crippen LogP contribution in [-0.2, 0) is 15.3 Å². The molecule has 1 heterocycles. The number of benzene rings is 2. The Morgan fingerprint density at radius 3 is 2.41 bits per heavy atom. The molecular formula is C24H24O7S. The first-order valence-electron chi connectivity index (χ1n) is 9.79. The Balaban J connectivity index is 2.03. The maximum atomic E-state index is 12.5. The molecule has 0 fully saturated rings. The molecule has 0 radical (unpaired) electrons. The van der Waals surface area contributed by atoms with Crippen molar-refractivity contribution in [2.45, 2.75) is 23.0 Å². The lowest BCUT2D eigenvalue weighted by molar-refractivity contribution is -0.140. The summed E-state index contributed by atoms with van der Waals surface area (Å²) in [5, 5.41) is 10.5. The second-order valence-corrected chi connectivity index (χ2v) is 7.89. The fourth-order valence-electron chi connectivity index (χ4n) is 3.21. The topological polar surface area (TPSA) is 95.2 Å². The van der Waals surface area contributed by atoms with Crippen LogP contribution in [0.1, 0.15) is 29.4 Å². The minimum Gasteiger partial charge on any atom is -0.502 e. The molecule has 0 aliphatic heterocycles. The number of aromatic hydroxyl groups is 1. The molecule has 1 N–H and O–H groups in total. The monoisotopic (exact) mass is 456 g/mol. The molecule has 0 saturated carbocycles. The second-order valence-electron chi connectivity index (χ2n) is 6.84. The molecule has 0 aliphatic carbocycles. The van der Waals surface area contributed by atoms with Crippen molar-refractivity contribution in [2.75, 3.05) is 21.3 Å². The van der Waals surface area contributed by atoms with Crippen LogP contribution in [0.5, 0.6) is 17.2 Å². The average molecular weight is 457 g/mol. The van der Waals surface area contributed by atoms with Crippen molar-refractivity contribution in [3.63, 3.8) is 0 Å². The van der Waals surface area contributed by atoms with E-state index in [4.69, 9.17) is 18.6 Å². The molecule has 8 heteroatoms. The molecule has 2 aromatic carbocycles. The van der Waals surface area contributed by atoms with E-state index in [2.05, 4.69) is 0 Å². The normalized spacial score (nSPS) is 11.6. The fraction of sp³-hybridized carbons (Fsp3) is 0.250. The quantitative estimate of drug-likeness (QED) is 0.375. The number of thioether (sulfide) groups is 1. The van der Waals surface area contributed by atoms with Gasteiger partial charge in [0.25, 0.3) is 0 Å². The molecule has 168 valence electrons. The summed E-state index contributed by atoms with van der Waals surface area (Å²) >= 11 is 1.49. The zero-order valence-corrected chi connectivity index (χ0v) is 18.8. The second kappa shape index (κ2) is 10.8. The van der Waals surface area contributed by atoms with Crippen LogP contribution in [0.2, 0.25) is 0 Å². The Morgan fingerprint density at radius 1 is 1.03 bits per heavy atom. The third kappa shape index (κ3) is 5.45. The highest BCUT2D eigenvalue weighted by Crippen LogP contribution is 2.38. The van der Waals surface area contributed by atoms with E-state index in [0.29, 0.717) is 28.6 Å². The van der Waals surface area contributed by atoms with Crippen molar-refractivity contribution >= 4 is 17.7 Å². The summed E-state index contributed by atoms with van der Waals surface area (Å²) in [4.78, 5) is 25.7. The number of esters is 1. The predicted octanol–water partition coefficient (Wildman–Crippen LogP) is 4.35. The maximum absolute atomic E-state index is 12.5. The number of hydrogen-bond donors (Lipinski definition) is 1. The van der Waals surface area contributed by atoms with Gasteiger partial charge in [-0.2, -0.15) is 0 Å². The highest BCUT2D eigenvalue weighted by molar-refractivity contribution is 7.98. The summed E-state index contributed by atoms with van der Waals surface area (Å²) in [5.74, 6) is -0.117. The molecule has 0 unspecified atom stereocenters.